The molecule has 2 nitrogen and oxygen atoms in total. The van der Waals surface area contributed by atoms with Crippen molar-refractivity contribution in [1.82, 2.24) is 4.90 Å². The van der Waals surface area contributed by atoms with Gasteiger partial charge in [0.1, 0.15) is 5.75 Å². The quantitative estimate of drug-likeness (QED) is 0.468. The lowest BCUT2D eigenvalue weighted by atomic mass is 10.2. The predicted octanol–water partition coefficient (Wildman–Crippen LogP) is 3.47. The van der Waals surface area contributed by atoms with Crippen molar-refractivity contribution in [1.29, 1.82) is 0 Å². The summed E-state index contributed by atoms with van der Waals surface area (Å²) in [4.78, 5) is 2.40. The van der Waals surface area contributed by atoms with E-state index < -0.39 is 0 Å². The maximum atomic E-state index is 5.37. The van der Waals surface area contributed by atoms with Crippen molar-refractivity contribution in [3.63, 3.8) is 0 Å². The zero-order chi connectivity index (χ0) is 11.3. The lowest BCUT2D eigenvalue weighted by Gasteiger charge is -2.26. The Bertz CT molecular complexity index is 299. The van der Waals surface area contributed by atoms with Crippen LogP contribution in [-0.4, -0.2) is 25.1 Å². The van der Waals surface area contributed by atoms with Gasteiger partial charge in [-0.15, -0.1) is 0 Å². The molecule has 0 heterocycles. The molecule has 0 amide bonds. The van der Waals surface area contributed by atoms with Crippen LogP contribution in [0.5, 0.6) is 5.75 Å². The van der Waals surface area contributed by atoms with Crippen LogP contribution in [0.25, 0.3) is 0 Å². The highest BCUT2D eigenvalue weighted by molar-refractivity contribution is 14.1. The van der Waals surface area contributed by atoms with Crippen molar-refractivity contribution in [2.45, 2.75) is 17.9 Å². The largest absolute Gasteiger partial charge is 0.496 e. The molecule has 0 aliphatic heterocycles. The summed E-state index contributed by atoms with van der Waals surface area (Å²) in [6.45, 7) is 6.49. The van der Waals surface area contributed by atoms with Crippen LogP contribution in [0.15, 0.2) is 24.3 Å². The first-order chi connectivity index (χ1) is 7.24. The number of nitrogens with zero attached hydrogens (tertiary/aromatic N) is 1. The second kappa shape index (κ2) is 6.33. The number of ether oxygens (including phenoxy) is 1. The third-order valence-electron chi connectivity index (χ3n) is 2.53. The first-order valence-corrected chi connectivity index (χ1v) is 6.50. The van der Waals surface area contributed by atoms with E-state index in [4.69, 9.17) is 4.74 Å². The van der Waals surface area contributed by atoms with Crippen molar-refractivity contribution in [2.24, 2.45) is 0 Å². The van der Waals surface area contributed by atoms with Gasteiger partial charge in [0.25, 0.3) is 0 Å². The third kappa shape index (κ3) is 3.08. The Morgan fingerprint density at radius 3 is 2.40 bits per heavy atom. The number of halogens is 1. The van der Waals surface area contributed by atoms with Crippen LogP contribution in [0.2, 0.25) is 0 Å². The second-order valence-corrected chi connectivity index (χ2v) is 4.48. The highest BCUT2D eigenvalue weighted by atomic mass is 127. The molecule has 0 aromatic heterocycles. The molecule has 3 heteroatoms. The number of para-hydroxylation sites is 1. The molecule has 1 atom stereocenters. The van der Waals surface area contributed by atoms with E-state index in [0.717, 1.165) is 18.8 Å². The normalized spacial score (nSPS) is 12.9. The Kier molecular flexibility index (Phi) is 5.39. The molecule has 0 aliphatic rings. The van der Waals surface area contributed by atoms with Crippen molar-refractivity contribution in [3.05, 3.63) is 29.8 Å². The lowest BCUT2D eigenvalue weighted by molar-refractivity contribution is 0.292. The molecule has 0 radical (unpaired) electrons. The standard InChI is InChI=1S/C12H18INO/c1-4-14(5-2)12(13)10-8-6-7-9-11(10)15-3/h6-9,12H,4-5H2,1-3H3. The number of rotatable bonds is 5. The summed E-state index contributed by atoms with van der Waals surface area (Å²) < 4.78 is 5.76. The van der Waals surface area contributed by atoms with Gasteiger partial charge in [-0.2, -0.15) is 0 Å². The van der Waals surface area contributed by atoms with Gasteiger partial charge in [-0.05, 0) is 19.2 Å². The van der Waals surface area contributed by atoms with Crippen LogP contribution in [0.3, 0.4) is 0 Å². The summed E-state index contributed by atoms with van der Waals surface area (Å²) >= 11 is 2.46. The molecule has 0 N–H and O–H groups in total. The number of alkyl halides is 1. The van der Waals surface area contributed by atoms with E-state index in [2.05, 4.69) is 53.5 Å². The van der Waals surface area contributed by atoms with Gasteiger partial charge in [-0.1, -0.05) is 54.6 Å². The molecular weight excluding hydrogens is 301 g/mol. The van der Waals surface area contributed by atoms with E-state index in [1.807, 2.05) is 12.1 Å². The fraction of sp³-hybridized carbons (Fsp3) is 0.500. The Morgan fingerprint density at radius 1 is 1.27 bits per heavy atom. The molecule has 0 saturated carbocycles. The summed E-state index contributed by atoms with van der Waals surface area (Å²) in [7, 11) is 1.73. The zero-order valence-electron chi connectivity index (χ0n) is 9.53. The number of hydrogen-bond donors (Lipinski definition) is 0. The molecule has 15 heavy (non-hydrogen) atoms. The van der Waals surface area contributed by atoms with E-state index in [1.165, 1.54) is 5.56 Å². The van der Waals surface area contributed by atoms with Crippen LogP contribution in [0.1, 0.15) is 23.5 Å². The topological polar surface area (TPSA) is 12.5 Å². The maximum absolute atomic E-state index is 5.37. The highest BCUT2D eigenvalue weighted by Gasteiger charge is 2.17. The molecule has 1 aromatic carbocycles. The minimum Gasteiger partial charge on any atom is -0.496 e. The Balaban J connectivity index is 2.93. The van der Waals surface area contributed by atoms with Crippen LogP contribution in [-0.2, 0) is 0 Å². The average Bonchev–Trinajstić information content (AvgIpc) is 2.30. The minimum atomic E-state index is 0.383. The molecule has 1 unspecified atom stereocenters. The summed E-state index contributed by atoms with van der Waals surface area (Å²) in [6.07, 6.45) is 0. The van der Waals surface area contributed by atoms with Crippen LogP contribution in [0, 0.1) is 0 Å². The van der Waals surface area contributed by atoms with Crippen molar-refractivity contribution >= 4 is 22.6 Å². The average molecular weight is 319 g/mol. The molecule has 0 fully saturated rings. The van der Waals surface area contributed by atoms with Gasteiger partial charge < -0.3 is 4.74 Å². The van der Waals surface area contributed by atoms with E-state index in [-0.39, 0.29) is 0 Å². The predicted molar refractivity (Wildman–Crippen MR) is 72.7 cm³/mol. The van der Waals surface area contributed by atoms with E-state index in [0.29, 0.717) is 4.05 Å². The first kappa shape index (κ1) is 12.8. The summed E-state index contributed by atoms with van der Waals surface area (Å²) in [5.41, 5.74) is 1.25. The SMILES string of the molecule is CCN(CC)C(I)c1ccccc1OC. The summed E-state index contributed by atoms with van der Waals surface area (Å²) in [5.74, 6) is 0.976. The third-order valence-corrected chi connectivity index (χ3v) is 3.99. The van der Waals surface area contributed by atoms with Gasteiger partial charge in [0.05, 0.1) is 11.2 Å². The zero-order valence-corrected chi connectivity index (χ0v) is 11.7. The van der Waals surface area contributed by atoms with E-state index in [1.54, 1.807) is 7.11 Å². The van der Waals surface area contributed by atoms with Crippen LogP contribution in [0.4, 0.5) is 0 Å². The van der Waals surface area contributed by atoms with Gasteiger partial charge >= 0.3 is 0 Å². The summed E-state index contributed by atoms with van der Waals surface area (Å²) in [6, 6.07) is 8.22. The van der Waals surface area contributed by atoms with Gasteiger partial charge in [0.15, 0.2) is 0 Å². The molecule has 1 rings (SSSR count). The van der Waals surface area contributed by atoms with Crippen molar-refractivity contribution in [3.8, 4) is 5.75 Å². The van der Waals surface area contributed by atoms with Gasteiger partial charge in [0, 0.05) is 5.56 Å². The van der Waals surface area contributed by atoms with Crippen LogP contribution >= 0.6 is 22.6 Å². The Hall–Kier alpha value is -0.290. The molecule has 84 valence electrons. The lowest BCUT2D eigenvalue weighted by Crippen LogP contribution is -2.24. The number of hydrogen-bond acceptors (Lipinski definition) is 2. The van der Waals surface area contributed by atoms with Crippen molar-refractivity contribution in [2.75, 3.05) is 20.2 Å². The van der Waals surface area contributed by atoms with Gasteiger partial charge in [-0.3, -0.25) is 4.90 Å². The molecule has 0 aliphatic carbocycles. The molecule has 0 saturated heterocycles. The van der Waals surface area contributed by atoms with E-state index >= 15 is 0 Å². The molecular formula is C12H18INO. The molecule has 0 bridgehead atoms. The Morgan fingerprint density at radius 2 is 1.87 bits per heavy atom. The van der Waals surface area contributed by atoms with Gasteiger partial charge in [0.2, 0.25) is 0 Å². The minimum absolute atomic E-state index is 0.383. The Labute approximate surface area is 106 Å². The maximum Gasteiger partial charge on any atom is 0.124 e. The van der Waals surface area contributed by atoms with Crippen molar-refractivity contribution < 1.29 is 4.74 Å². The second-order valence-electron chi connectivity index (χ2n) is 3.30. The summed E-state index contributed by atoms with van der Waals surface area (Å²) in [5, 5.41) is 0. The fourth-order valence-corrected chi connectivity index (χ4v) is 2.91. The highest BCUT2D eigenvalue weighted by Crippen LogP contribution is 2.33. The number of benzene rings is 1. The molecule has 1 aromatic rings. The first-order valence-electron chi connectivity index (χ1n) is 5.25. The number of methoxy groups -OCH3 is 1. The fourth-order valence-electron chi connectivity index (χ4n) is 1.60. The van der Waals surface area contributed by atoms with E-state index in [9.17, 15) is 0 Å². The van der Waals surface area contributed by atoms with Crippen LogP contribution < -0.4 is 4.74 Å². The van der Waals surface area contributed by atoms with Gasteiger partial charge in [-0.25, -0.2) is 0 Å². The molecule has 0 spiro atoms. The monoisotopic (exact) mass is 319 g/mol. The smallest absolute Gasteiger partial charge is 0.124 e.